The zero-order valence-electron chi connectivity index (χ0n) is 15.0. The van der Waals surface area contributed by atoms with Gasteiger partial charge in [0.1, 0.15) is 0 Å². The van der Waals surface area contributed by atoms with Crippen LogP contribution in [0.3, 0.4) is 0 Å². The summed E-state index contributed by atoms with van der Waals surface area (Å²) in [5.41, 5.74) is 1.48. The van der Waals surface area contributed by atoms with E-state index >= 15 is 0 Å². The van der Waals surface area contributed by atoms with Crippen LogP contribution in [0.15, 0.2) is 53.5 Å². The number of aromatic nitrogens is 7. The molecule has 2 amide bonds. The number of anilines is 2. The van der Waals surface area contributed by atoms with Crippen molar-refractivity contribution in [1.82, 2.24) is 34.3 Å². The lowest BCUT2D eigenvalue weighted by Crippen LogP contribution is -2.22. The molecule has 0 aliphatic rings. The van der Waals surface area contributed by atoms with Crippen LogP contribution in [0.25, 0.3) is 28.3 Å². The predicted molar refractivity (Wildman–Crippen MR) is 107 cm³/mol. The number of aryl methyl sites for hydroxylation is 1. The molecule has 2 N–H and O–H groups in total. The van der Waals surface area contributed by atoms with Crippen LogP contribution in [0.5, 0.6) is 0 Å². The summed E-state index contributed by atoms with van der Waals surface area (Å²) in [5.74, 6) is 1.05. The van der Waals surface area contributed by atoms with Gasteiger partial charge >= 0.3 is 6.03 Å². The Kier molecular flexibility index (Phi) is 4.56. The lowest BCUT2D eigenvalue weighted by atomic mass is 10.4. The van der Waals surface area contributed by atoms with Crippen LogP contribution >= 0.6 is 12.4 Å². The number of carbonyl (C=O) groups is 1. The molecule has 0 saturated carbocycles. The molecule has 0 atom stereocenters. The quantitative estimate of drug-likeness (QED) is 0.467. The number of nitrogens with zero attached hydrogens (tertiary/aromatic N) is 7. The second-order valence-corrected chi connectivity index (χ2v) is 5.94. The molecule has 0 radical (unpaired) electrons. The third kappa shape index (κ3) is 3.34. The minimum Gasteiger partial charge on any atom is -0.461 e. The molecule has 5 heterocycles. The molecule has 0 spiro atoms. The van der Waals surface area contributed by atoms with Gasteiger partial charge in [0.05, 0.1) is 23.5 Å². The van der Waals surface area contributed by atoms with E-state index in [0.717, 1.165) is 0 Å². The van der Waals surface area contributed by atoms with E-state index in [0.29, 0.717) is 34.0 Å². The second kappa shape index (κ2) is 7.20. The molecule has 5 rings (SSSR count). The monoisotopic (exact) mass is 411 g/mol. The number of hydrogen-bond acceptors (Lipinski definition) is 7. The van der Waals surface area contributed by atoms with Gasteiger partial charge in [-0.2, -0.15) is 14.6 Å². The molecule has 29 heavy (non-hydrogen) atoms. The molecule has 5 aromatic heterocycles. The third-order valence-electron chi connectivity index (χ3n) is 3.96. The summed E-state index contributed by atoms with van der Waals surface area (Å²) in [4.78, 5) is 25.3. The molecule has 0 bridgehead atoms. The Balaban J connectivity index is 0.00000205. The number of furan rings is 1. The number of nitrogens with one attached hydrogen (secondary N) is 2. The number of fused-ring (bicyclic) bond motifs is 3. The minimum absolute atomic E-state index is 0. The van der Waals surface area contributed by atoms with Crippen molar-refractivity contribution in [3.8, 4) is 11.6 Å². The Morgan fingerprint density at radius 2 is 2.03 bits per heavy atom. The first-order chi connectivity index (χ1) is 13.7. The molecular formula is C17H14ClN9O2. The fraction of sp³-hybridized carbons (Fsp3) is 0.0588. The summed E-state index contributed by atoms with van der Waals surface area (Å²) in [5, 5.41) is 14.8. The summed E-state index contributed by atoms with van der Waals surface area (Å²) >= 11 is 0. The summed E-state index contributed by atoms with van der Waals surface area (Å²) in [7, 11) is 1.78. The van der Waals surface area contributed by atoms with E-state index < -0.39 is 6.03 Å². The average molecular weight is 412 g/mol. The predicted octanol–water partition coefficient (Wildman–Crippen LogP) is 2.73. The summed E-state index contributed by atoms with van der Waals surface area (Å²) < 4.78 is 8.45. The molecule has 0 aromatic carbocycles. The summed E-state index contributed by atoms with van der Waals surface area (Å²) in [6, 6.07) is 6.46. The van der Waals surface area contributed by atoms with E-state index in [4.69, 9.17) is 4.42 Å². The Morgan fingerprint density at radius 3 is 2.79 bits per heavy atom. The summed E-state index contributed by atoms with van der Waals surface area (Å²) in [6.45, 7) is 0. The summed E-state index contributed by atoms with van der Waals surface area (Å²) in [6.07, 6.45) is 6.49. The van der Waals surface area contributed by atoms with Crippen molar-refractivity contribution in [2.24, 2.45) is 7.05 Å². The van der Waals surface area contributed by atoms with Gasteiger partial charge in [0, 0.05) is 19.4 Å². The number of carbonyl (C=O) groups excluding carboxylic acids is 1. The fourth-order valence-corrected chi connectivity index (χ4v) is 2.79. The van der Waals surface area contributed by atoms with Crippen molar-refractivity contribution in [3.05, 3.63) is 49.1 Å². The largest absolute Gasteiger partial charge is 0.461 e. The van der Waals surface area contributed by atoms with Gasteiger partial charge in [0.15, 0.2) is 17.1 Å². The van der Waals surface area contributed by atoms with Crippen LogP contribution < -0.4 is 10.6 Å². The van der Waals surface area contributed by atoms with Gasteiger partial charge in [-0.25, -0.2) is 9.78 Å². The highest BCUT2D eigenvalue weighted by Gasteiger charge is 2.19. The van der Waals surface area contributed by atoms with Crippen LogP contribution in [0.4, 0.5) is 16.4 Å². The molecule has 146 valence electrons. The highest BCUT2D eigenvalue weighted by molar-refractivity contribution is 6.00. The molecule has 0 fully saturated rings. The number of hydrogen-bond donors (Lipinski definition) is 2. The average Bonchev–Trinajstić information content (AvgIpc) is 3.40. The van der Waals surface area contributed by atoms with Gasteiger partial charge in [0.2, 0.25) is 11.8 Å². The number of urea groups is 1. The number of halogens is 1. The van der Waals surface area contributed by atoms with Crippen LogP contribution in [0.2, 0.25) is 0 Å². The normalized spacial score (nSPS) is 10.8. The number of pyridine rings is 1. The van der Waals surface area contributed by atoms with Crippen molar-refractivity contribution in [2.75, 3.05) is 10.6 Å². The number of amides is 2. The van der Waals surface area contributed by atoms with Crippen LogP contribution in [0, 0.1) is 0 Å². The molecule has 5 aromatic rings. The Bertz CT molecular complexity index is 1300. The number of rotatable bonds is 3. The van der Waals surface area contributed by atoms with Crippen molar-refractivity contribution in [3.63, 3.8) is 0 Å². The van der Waals surface area contributed by atoms with Gasteiger partial charge in [-0.15, -0.1) is 17.5 Å². The molecule has 0 unspecified atom stereocenters. The SMILES string of the molecule is Cl.Cn1cc2c(nc(NC(=O)Nc3cccnc3)n3nc(-c4ccco4)nc23)n1. The Labute approximate surface area is 169 Å². The van der Waals surface area contributed by atoms with Crippen LogP contribution in [-0.2, 0) is 7.05 Å². The van der Waals surface area contributed by atoms with Crippen molar-refractivity contribution >= 4 is 46.8 Å². The van der Waals surface area contributed by atoms with E-state index in [9.17, 15) is 4.79 Å². The molecule has 0 aliphatic carbocycles. The maximum absolute atomic E-state index is 12.4. The highest BCUT2D eigenvalue weighted by Crippen LogP contribution is 2.23. The molecular weight excluding hydrogens is 398 g/mol. The van der Waals surface area contributed by atoms with Gasteiger partial charge in [-0.05, 0) is 24.3 Å². The van der Waals surface area contributed by atoms with Gasteiger partial charge in [-0.3, -0.25) is 15.0 Å². The maximum Gasteiger partial charge on any atom is 0.326 e. The van der Waals surface area contributed by atoms with Gasteiger partial charge < -0.3 is 9.73 Å². The van der Waals surface area contributed by atoms with Crippen molar-refractivity contribution in [2.45, 2.75) is 0 Å². The van der Waals surface area contributed by atoms with E-state index in [1.165, 1.54) is 10.7 Å². The zero-order chi connectivity index (χ0) is 19.1. The smallest absolute Gasteiger partial charge is 0.326 e. The first kappa shape index (κ1) is 18.4. The minimum atomic E-state index is -0.493. The van der Waals surface area contributed by atoms with Gasteiger partial charge in [0.25, 0.3) is 0 Å². The van der Waals surface area contributed by atoms with E-state index in [1.54, 1.807) is 54.7 Å². The van der Waals surface area contributed by atoms with E-state index in [1.807, 2.05) is 0 Å². The first-order valence-electron chi connectivity index (χ1n) is 8.29. The molecule has 0 aliphatic heterocycles. The lowest BCUT2D eigenvalue weighted by molar-refractivity contribution is 0.262. The Morgan fingerprint density at radius 1 is 1.14 bits per heavy atom. The van der Waals surface area contributed by atoms with Crippen molar-refractivity contribution < 1.29 is 9.21 Å². The lowest BCUT2D eigenvalue weighted by Gasteiger charge is -2.07. The fourth-order valence-electron chi connectivity index (χ4n) is 2.79. The standard InChI is InChI=1S/C17H13N9O2.ClH/c1-25-9-11-13(23-25)21-16(22-17(27)19-10-4-2-6-18-8-10)26-15(11)20-14(24-26)12-5-3-7-28-12;/h2-9H,1H3,(H2,19,21,22,23,27);1H. The molecule has 12 heteroatoms. The Hall–Kier alpha value is -3.99. The van der Waals surface area contributed by atoms with E-state index in [2.05, 4.69) is 35.8 Å². The zero-order valence-corrected chi connectivity index (χ0v) is 15.8. The molecule has 11 nitrogen and oxygen atoms in total. The van der Waals surface area contributed by atoms with Crippen LogP contribution in [0.1, 0.15) is 0 Å². The van der Waals surface area contributed by atoms with Gasteiger partial charge in [-0.1, -0.05) is 0 Å². The third-order valence-corrected chi connectivity index (χ3v) is 3.96. The highest BCUT2D eigenvalue weighted by atomic mass is 35.5. The topological polar surface area (TPSA) is 128 Å². The first-order valence-corrected chi connectivity index (χ1v) is 8.29. The van der Waals surface area contributed by atoms with Crippen molar-refractivity contribution in [1.29, 1.82) is 0 Å². The molecule has 0 saturated heterocycles. The van der Waals surface area contributed by atoms with E-state index in [-0.39, 0.29) is 18.4 Å². The second-order valence-electron chi connectivity index (χ2n) is 5.94. The van der Waals surface area contributed by atoms with Crippen LogP contribution in [-0.4, -0.2) is 40.4 Å². The maximum atomic E-state index is 12.4.